The minimum Gasteiger partial charge on any atom is -0.312 e. The van der Waals surface area contributed by atoms with Crippen LogP contribution in [0.25, 0.3) is 0 Å². The summed E-state index contributed by atoms with van der Waals surface area (Å²) < 4.78 is 0. The van der Waals surface area contributed by atoms with Crippen LogP contribution in [0.5, 0.6) is 0 Å². The maximum atomic E-state index is 3.41. The molecule has 0 aliphatic rings. The standard InChI is InChI=1S/C17H21NS/c1-13-7-9-16(10-8-13)19-12-17(18-3)15-6-4-5-14(2)11-15/h4-11,17-18H,12H2,1-3H3. The van der Waals surface area contributed by atoms with Gasteiger partial charge >= 0.3 is 0 Å². The van der Waals surface area contributed by atoms with Gasteiger partial charge < -0.3 is 5.32 Å². The van der Waals surface area contributed by atoms with E-state index in [9.17, 15) is 0 Å². The molecule has 0 heterocycles. The van der Waals surface area contributed by atoms with E-state index < -0.39 is 0 Å². The molecular weight excluding hydrogens is 250 g/mol. The van der Waals surface area contributed by atoms with E-state index in [2.05, 4.69) is 67.7 Å². The first-order chi connectivity index (χ1) is 9.19. The molecule has 2 rings (SSSR count). The minimum absolute atomic E-state index is 0.395. The predicted molar refractivity (Wildman–Crippen MR) is 84.9 cm³/mol. The Morgan fingerprint density at radius 2 is 1.74 bits per heavy atom. The summed E-state index contributed by atoms with van der Waals surface area (Å²) in [5.41, 5.74) is 3.99. The Labute approximate surface area is 120 Å². The Hall–Kier alpha value is -1.25. The fourth-order valence-electron chi connectivity index (χ4n) is 2.05. The van der Waals surface area contributed by atoms with Gasteiger partial charge in [0.15, 0.2) is 0 Å². The molecule has 1 atom stereocenters. The normalized spacial score (nSPS) is 12.4. The molecule has 0 bridgehead atoms. The fraction of sp³-hybridized carbons (Fsp3) is 0.294. The van der Waals surface area contributed by atoms with Crippen molar-refractivity contribution in [1.29, 1.82) is 0 Å². The largest absolute Gasteiger partial charge is 0.312 e. The summed E-state index contributed by atoms with van der Waals surface area (Å²) in [7, 11) is 2.03. The van der Waals surface area contributed by atoms with Crippen LogP contribution >= 0.6 is 11.8 Å². The Morgan fingerprint density at radius 1 is 1.00 bits per heavy atom. The maximum absolute atomic E-state index is 3.41. The molecule has 0 amide bonds. The molecule has 2 aromatic carbocycles. The number of aryl methyl sites for hydroxylation is 2. The van der Waals surface area contributed by atoms with Crippen LogP contribution in [0.1, 0.15) is 22.7 Å². The molecule has 0 aromatic heterocycles. The van der Waals surface area contributed by atoms with E-state index in [1.165, 1.54) is 21.6 Å². The second-order valence-corrected chi connectivity index (χ2v) is 5.97. The zero-order valence-electron chi connectivity index (χ0n) is 11.8. The smallest absolute Gasteiger partial charge is 0.0413 e. The van der Waals surface area contributed by atoms with Crippen molar-refractivity contribution < 1.29 is 0 Å². The van der Waals surface area contributed by atoms with E-state index in [-0.39, 0.29) is 0 Å². The van der Waals surface area contributed by atoms with Crippen LogP contribution in [0.15, 0.2) is 53.4 Å². The van der Waals surface area contributed by atoms with Crippen molar-refractivity contribution in [3.05, 3.63) is 65.2 Å². The molecule has 0 radical (unpaired) electrons. The molecule has 2 heteroatoms. The number of benzene rings is 2. The molecule has 0 spiro atoms. The highest BCUT2D eigenvalue weighted by molar-refractivity contribution is 7.99. The van der Waals surface area contributed by atoms with Crippen molar-refractivity contribution in [2.24, 2.45) is 0 Å². The Balaban J connectivity index is 2.01. The highest BCUT2D eigenvalue weighted by atomic mass is 32.2. The van der Waals surface area contributed by atoms with E-state index in [4.69, 9.17) is 0 Å². The van der Waals surface area contributed by atoms with Crippen LogP contribution in [0, 0.1) is 13.8 Å². The SMILES string of the molecule is CNC(CSc1ccc(C)cc1)c1cccc(C)c1. The van der Waals surface area contributed by atoms with Gasteiger partial charge in [-0.1, -0.05) is 47.5 Å². The third kappa shape index (κ3) is 4.12. The molecule has 2 aromatic rings. The zero-order valence-corrected chi connectivity index (χ0v) is 12.6. The van der Waals surface area contributed by atoms with E-state index in [1.807, 2.05) is 18.8 Å². The van der Waals surface area contributed by atoms with Gasteiger partial charge in [0, 0.05) is 16.7 Å². The first kappa shape index (κ1) is 14.2. The summed E-state index contributed by atoms with van der Waals surface area (Å²) in [4.78, 5) is 1.33. The van der Waals surface area contributed by atoms with Crippen molar-refractivity contribution in [2.45, 2.75) is 24.8 Å². The van der Waals surface area contributed by atoms with Crippen LogP contribution in [0.4, 0.5) is 0 Å². The molecule has 100 valence electrons. The zero-order chi connectivity index (χ0) is 13.7. The van der Waals surface area contributed by atoms with Crippen molar-refractivity contribution in [1.82, 2.24) is 5.32 Å². The first-order valence-corrected chi connectivity index (χ1v) is 7.61. The van der Waals surface area contributed by atoms with Gasteiger partial charge in [-0.05, 0) is 38.6 Å². The molecule has 0 saturated carbocycles. The summed E-state index contributed by atoms with van der Waals surface area (Å²) in [6, 6.07) is 17.9. The van der Waals surface area contributed by atoms with Crippen molar-refractivity contribution in [2.75, 3.05) is 12.8 Å². The Kier molecular flexibility index (Phi) is 5.06. The third-order valence-corrected chi connectivity index (χ3v) is 4.34. The summed E-state index contributed by atoms with van der Waals surface area (Å²) in [6.07, 6.45) is 0. The van der Waals surface area contributed by atoms with Crippen LogP contribution in [-0.4, -0.2) is 12.8 Å². The fourth-order valence-corrected chi connectivity index (χ4v) is 3.09. The van der Waals surface area contributed by atoms with Crippen molar-refractivity contribution in [3.8, 4) is 0 Å². The lowest BCUT2D eigenvalue weighted by atomic mass is 10.1. The van der Waals surface area contributed by atoms with Crippen molar-refractivity contribution in [3.63, 3.8) is 0 Å². The van der Waals surface area contributed by atoms with Gasteiger partial charge in [0.2, 0.25) is 0 Å². The second-order valence-electron chi connectivity index (χ2n) is 4.88. The van der Waals surface area contributed by atoms with Gasteiger partial charge in [-0.2, -0.15) is 0 Å². The lowest BCUT2D eigenvalue weighted by Crippen LogP contribution is -2.18. The third-order valence-electron chi connectivity index (χ3n) is 3.23. The van der Waals surface area contributed by atoms with Crippen LogP contribution in [0.2, 0.25) is 0 Å². The summed E-state index contributed by atoms with van der Waals surface area (Å²) in [5.74, 6) is 1.04. The van der Waals surface area contributed by atoms with E-state index in [1.54, 1.807) is 0 Å². The van der Waals surface area contributed by atoms with Gasteiger partial charge in [0.1, 0.15) is 0 Å². The number of hydrogen-bond donors (Lipinski definition) is 1. The summed E-state index contributed by atoms with van der Waals surface area (Å²) in [6.45, 7) is 4.26. The number of hydrogen-bond acceptors (Lipinski definition) is 2. The molecule has 0 aliphatic carbocycles. The van der Waals surface area contributed by atoms with Crippen LogP contribution in [0.3, 0.4) is 0 Å². The molecule has 0 fully saturated rings. The van der Waals surface area contributed by atoms with Crippen LogP contribution in [-0.2, 0) is 0 Å². The number of rotatable bonds is 5. The molecule has 1 nitrogen and oxygen atoms in total. The molecule has 19 heavy (non-hydrogen) atoms. The average molecular weight is 271 g/mol. The Morgan fingerprint density at radius 3 is 2.37 bits per heavy atom. The lowest BCUT2D eigenvalue weighted by Gasteiger charge is -2.17. The monoisotopic (exact) mass is 271 g/mol. The highest BCUT2D eigenvalue weighted by Gasteiger charge is 2.09. The van der Waals surface area contributed by atoms with E-state index >= 15 is 0 Å². The highest BCUT2D eigenvalue weighted by Crippen LogP contribution is 2.25. The maximum Gasteiger partial charge on any atom is 0.0413 e. The minimum atomic E-state index is 0.395. The van der Waals surface area contributed by atoms with Gasteiger partial charge in [-0.25, -0.2) is 0 Å². The van der Waals surface area contributed by atoms with E-state index in [0.29, 0.717) is 6.04 Å². The summed E-state index contributed by atoms with van der Waals surface area (Å²) in [5, 5.41) is 3.41. The first-order valence-electron chi connectivity index (χ1n) is 6.62. The van der Waals surface area contributed by atoms with Crippen molar-refractivity contribution >= 4 is 11.8 Å². The quantitative estimate of drug-likeness (QED) is 0.811. The number of nitrogens with one attached hydrogen (secondary N) is 1. The molecule has 1 unspecified atom stereocenters. The molecule has 1 N–H and O–H groups in total. The van der Waals surface area contributed by atoms with Gasteiger partial charge in [-0.3, -0.25) is 0 Å². The second kappa shape index (κ2) is 6.78. The molecular formula is C17H21NS. The van der Waals surface area contributed by atoms with Crippen LogP contribution < -0.4 is 5.32 Å². The summed E-state index contributed by atoms with van der Waals surface area (Å²) >= 11 is 1.90. The predicted octanol–water partition coefficient (Wildman–Crippen LogP) is 4.36. The number of thioether (sulfide) groups is 1. The van der Waals surface area contributed by atoms with Gasteiger partial charge in [0.05, 0.1) is 0 Å². The molecule has 0 aliphatic heterocycles. The topological polar surface area (TPSA) is 12.0 Å². The van der Waals surface area contributed by atoms with Gasteiger partial charge in [-0.15, -0.1) is 11.8 Å². The van der Waals surface area contributed by atoms with E-state index in [0.717, 1.165) is 5.75 Å². The molecule has 0 saturated heterocycles. The lowest BCUT2D eigenvalue weighted by molar-refractivity contribution is 0.661. The average Bonchev–Trinajstić information content (AvgIpc) is 2.42. The Bertz CT molecular complexity index is 519. The van der Waals surface area contributed by atoms with Gasteiger partial charge in [0.25, 0.3) is 0 Å².